The highest BCUT2D eigenvalue weighted by molar-refractivity contribution is 6.13. The van der Waals surface area contributed by atoms with Gasteiger partial charge in [-0.05, 0) is 27.6 Å². The van der Waals surface area contributed by atoms with Gasteiger partial charge in [-0.2, -0.15) is 13.2 Å². The monoisotopic (exact) mass is 316 g/mol. The molecule has 23 heavy (non-hydrogen) atoms. The molecule has 0 aliphatic heterocycles. The first kappa shape index (κ1) is 15.2. The number of carbonyl (C=O) groups is 2. The van der Waals surface area contributed by atoms with Crippen LogP contribution in [0.4, 0.5) is 13.2 Å². The molecule has 0 amide bonds. The minimum atomic E-state index is -4.98. The van der Waals surface area contributed by atoms with E-state index in [2.05, 4.69) is 0 Å². The van der Waals surface area contributed by atoms with E-state index in [1.165, 1.54) is 12.1 Å². The van der Waals surface area contributed by atoms with E-state index in [4.69, 9.17) is 0 Å². The Balaban J connectivity index is 1.99. The van der Waals surface area contributed by atoms with Gasteiger partial charge in [0.2, 0.25) is 5.78 Å². The predicted molar refractivity (Wildman–Crippen MR) is 81.5 cm³/mol. The molecular weight excluding hydrogens is 305 g/mol. The van der Waals surface area contributed by atoms with Gasteiger partial charge in [0, 0.05) is 5.56 Å². The number of Topliss-reactive ketones (excluding diaryl/α,β-unsaturated/α-hetero) is 2. The first-order valence-electron chi connectivity index (χ1n) is 6.91. The number of hydrogen-bond donors (Lipinski definition) is 0. The molecule has 3 aromatic carbocycles. The van der Waals surface area contributed by atoms with Gasteiger partial charge in [0.15, 0.2) is 5.78 Å². The third-order valence-electron chi connectivity index (χ3n) is 3.70. The van der Waals surface area contributed by atoms with Crippen LogP contribution in [0.3, 0.4) is 0 Å². The highest BCUT2D eigenvalue weighted by Gasteiger charge is 2.39. The fourth-order valence-electron chi connectivity index (χ4n) is 2.53. The maximum Gasteiger partial charge on any atom is 0.450 e. The lowest BCUT2D eigenvalue weighted by Crippen LogP contribution is -2.25. The van der Waals surface area contributed by atoms with Crippen LogP contribution < -0.4 is 0 Å². The van der Waals surface area contributed by atoms with Crippen LogP contribution in [-0.2, 0) is 4.79 Å². The standard InChI is InChI=1S/C18H11F3O2/c19-18(20,21)17(23)10-16(22)13-7-8-15-12(9-13)6-5-11-3-1-2-4-14(11)15/h1-9H,10H2. The summed E-state index contributed by atoms with van der Waals surface area (Å²) in [5.74, 6) is -2.86. The molecule has 0 saturated heterocycles. The van der Waals surface area contributed by atoms with Crippen LogP contribution in [0.25, 0.3) is 21.5 Å². The Kier molecular flexibility index (Phi) is 3.64. The van der Waals surface area contributed by atoms with E-state index in [0.29, 0.717) is 0 Å². The third kappa shape index (κ3) is 2.95. The summed E-state index contributed by atoms with van der Waals surface area (Å²) in [5, 5.41) is 3.68. The van der Waals surface area contributed by atoms with Gasteiger partial charge in [0.25, 0.3) is 0 Å². The second kappa shape index (κ2) is 5.50. The van der Waals surface area contributed by atoms with Gasteiger partial charge < -0.3 is 0 Å². The number of halogens is 3. The van der Waals surface area contributed by atoms with E-state index in [9.17, 15) is 22.8 Å². The highest BCUT2D eigenvalue weighted by atomic mass is 19.4. The molecule has 0 N–H and O–H groups in total. The van der Waals surface area contributed by atoms with Crippen LogP contribution in [0.2, 0.25) is 0 Å². The first-order chi connectivity index (χ1) is 10.9. The summed E-state index contributed by atoms with van der Waals surface area (Å²) in [4.78, 5) is 22.8. The highest BCUT2D eigenvalue weighted by Crippen LogP contribution is 2.27. The lowest BCUT2D eigenvalue weighted by Gasteiger charge is -2.07. The van der Waals surface area contributed by atoms with Crippen LogP contribution in [0.1, 0.15) is 16.8 Å². The lowest BCUT2D eigenvalue weighted by molar-refractivity contribution is -0.170. The van der Waals surface area contributed by atoms with Crippen LogP contribution in [0.5, 0.6) is 0 Å². The molecular formula is C18H11F3O2. The van der Waals surface area contributed by atoms with Gasteiger partial charge in [-0.25, -0.2) is 0 Å². The quantitative estimate of drug-likeness (QED) is 0.399. The largest absolute Gasteiger partial charge is 0.450 e. The van der Waals surface area contributed by atoms with E-state index in [0.717, 1.165) is 21.5 Å². The summed E-state index contributed by atoms with van der Waals surface area (Å²) in [6.45, 7) is 0. The van der Waals surface area contributed by atoms with Crippen LogP contribution in [0, 0.1) is 0 Å². The molecule has 0 aromatic heterocycles. The Morgan fingerprint density at radius 3 is 2.22 bits per heavy atom. The van der Waals surface area contributed by atoms with Crippen molar-refractivity contribution in [1.29, 1.82) is 0 Å². The SMILES string of the molecule is O=C(CC(=O)C(F)(F)F)c1ccc2c(ccc3ccccc32)c1. The Hall–Kier alpha value is -2.69. The molecule has 0 aliphatic carbocycles. The van der Waals surface area contributed by atoms with Crippen molar-refractivity contribution in [3.63, 3.8) is 0 Å². The van der Waals surface area contributed by atoms with Crippen molar-refractivity contribution in [2.45, 2.75) is 12.6 Å². The van der Waals surface area contributed by atoms with E-state index in [1.807, 2.05) is 30.3 Å². The number of benzene rings is 3. The normalized spacial score (nSPS) is 11.8. The molecule has 3 rings (SSSR count). The van der Waals surface area contributed by atoms with Gasteiger partial charge in [0.05, 0.1) is 6.42 Å². The molecule has 2 nitrogen and oxygen atoms in total. The lowest BCUT2D eigenvalue weighted by atomic mass is 9.98. The smallest absolute Gasteiger partial charge is 0.294 e. The second-order valence-corrected chi connectivity index (χ2v) is 5.24. The summed E-state index contributed by atoms with van der Waals surface area (Å²) in [6, 6.07) is 16.1. The van der Waals surface area contributed by atoms with E-state index in [1.54, 1.807) is 12.1 Å². The molecule has 0 spiro atoms. The number of fused-ring (bicyclic) bond motifs is 3. The minimum absolute atomic E-state index is 0.102. The molecule has 0 heterocycles. The van der Waals surface area contributed by atoms with Crippen molar-refractivity contribution in [2.24, 2.45) is 0 Å². The maximum absolute atomic E-state index is 12.3. The number of carbonyl (C=O) groups excluding carboxylic acids is 2. The molecule has 0 atom stereocenters. The maximum atomic E-state index is 12.3. The van der Waals surface area contributed by atoms with E-state index in [-0.39, 0.29) is 5.56 Å². The molecule has 0 aliphatic rings. The molecule has 0 radical (unpaired) electrons. The van der Waals surface area contributed by atoms with Crippen LogP contribution in [0.15, 0.2) is 54.6 Å². The molecule has 3 aromatic rings. The average molecular weight is 316 g/mol. The summed E-state index contributed by atoms with van der Waals surface area (Å²) >= 11 is 0. The molecule has 5 heteroatoms. The molecule has 116 valence electrons. The number of ketones is 2. The first-order valence-corrected chi connectivity index (χ1v) is 6.91. The van der Waals surface area contributed by atoms with E-state index < -0.39 is 24.2 Å². The van der Waals surface area contributed by atoms with Crippen molar-refractivity contribution in [1.82, 2.24) is 0 Å². The molecule has 0 saturated carbocycles. The van der Waals surface area contributed by atoms with Crippen molar-refractivity contribution in [2.75, 3.05) is 0 Å². The Morgan fingerprint density at radius 1 is 0.826 bits per heavy atom. The predicted octanol–water partition coefficient (Wildman–Crippen LogP) is 4.70. The summed E-state index contributed by atoms with van der Waals surface area (Å²) in [6.07, 6.45) is -6.15. The number of rotatable bonds is 3. The zero-order chi connectivity index (χ0) is 16.6. The van der Waals surface area contributed by atoms with Crippen molar-refractivity contribution >= 4 is 33.1 Å². The molecule has 0 fully saturated rings. The van der Waals surface area contributed by atoms with Gasteiger partial charge in [0.1, 0.15) is 0 Å². The second-order valence-electron chi connectivity index (χ2n) is 5.24. The molecule has 0 unspecified atom stereocenters. The fourth-order valence-corrected chi connectivity index (χ4v) is 2.53. The van der Waals surface area contributed by atoms with Crippen molar-refractivity contribution < 1.29 is 22.8 Å². The van der Waals surface area contributed by atoms with Gasteiger partial charge in [-0.1, -0.05) is 48.5 Å². The Labute approximate surface area is 129 Å². The fraction of sp³-hybridized carbons (Fsp3) is 0.111. The summed E-state index contributed by atoms with van der Waals surface area (Å²) < 4.78 is 36.8. The van der Waals surface area contributed by atoms with Crippen LogP contribution >= 0.6 is 0 Å². The van der Waals surface area contributed by atoms with Crippen molar-refractivity contribution in [3.05, 3.63) is 60.2 Å². The van der Waals surface area contributed by atoms with E-state index >= 15 is 0 Å². The zero-order valence-electron chi connectivity index (χ0n) is 11.9. The van der Waals surface area contributed by atoms with Crippen LogP contribution in [-0.4, -0.2) is 17.7 Å². The molecule has 0 bridgehead atoms. The van der Waals surface area contributed by atoms with Gasteiger partial charge >= 0.3 is 6.18 Å². The topological polar surface area (TPSA) is 34.1 Å². The van der Waals surface area contributed by atoms with Gasteiger partial charge in [-0.3, -0.25) is 9.59 Å². The third-order valence-corrected chi connectivity index (χ3v) is 3.70. The number of alkyl halides is 3. The van der Waals surface area contributed by atoms with Crippen molar-refractivity contribution in [3.8, 4) is 0 Å². The Morgan fingerprint density at radius 2 is 1.48 bits per heavy atom. The zero-order valence-corrected chi connectivity index (χ0v) is 11.9. The average Bonchev–Trinajstić information content (AvgIpc) is 2.53. The summed E-state index contributed by atoms with van der Waals surface area (Å²) in [5.41, 5.74) is 0.102. The van der Waals surface area contributed by atoms with Gasteiger partial charge in [-0.15, -0.1) is 0 Å². The minimum Gasteiger partial charge on any atom is -0.294 e. The number of hydrogen-bond acceptors (Lipinski definition) is 2. The summed E-state index contributed by atoms with van der Waals surface area (Å²) in [7, 11) is 0. The Bertz CT molecular complexity index is 926.